The van der Waals surface area contributed by atoms with E-state index in [0.717, 1.165) is 24.8 Å². The monoisotopic (exact) mass is 337 g/mol. The predicted octanol–water partition coefficient (Wildman–Crippen LogP) is 2.14. The standard InChI is InChI=1S/C18H27NO5/c1-19(18(20)14-6-9-24-10-7-14)8-5-13-11-15(21-2)17(23-4)16(12-13)22-3/h11-12,14H,5-10H2,1-4H3. The Kier molecular flexibility index (Phi) is 6.73. The molecule has 0 aliphatic carbocycles. The lowest BCUT2D eigenvalue weighted by Crippen LogP contribution is -2.37. The number of methoxy groups -OCH3 is 3. The third-order valence-corrected chi connectivity index (χ3v) is 4.41. The van der Waals surface area contributed by atoms with Gasteiger partial charge in [0.1, 0.15) is 0 Å². The van der Waals surface area contributed by atoms with Crippen LogP contribution in [0.25, 0.3) is 0 Å². The van der Waals surface area contributed by atoms with Gasteiger partial charge in [-0.25, -0.2) is 0 Å². The molecule has 0 atom stereocenters. The number of ether oxygens (including phenoxy) is 4. The lowest BCUT2D eigenvalue weighted by molar-refractivity contribution is -0.137. The van der Waals surface area contributed by atoms with Gasteiger partial charge in [-0.05, 0) is 37.0 Å². The maximum absolute atomic E-state index is 12.5. The first-order chi connectivity index (χ1) is 11.6. The molecule has 0 unspecified atom stereocenters. The van der Waals surface area contributed by atoms with Crippen molar-refractivity contribution in [2.75, 3.05) is 48.1 Å². The van der Waals surface area contributed by atoms with Crippen molar-refractivity contribution in [3.8, 4) is 17.2 Å². The minimum absolute atomic E-state index is 0.0867. The fourth-order valence-corrected chi connectivity index (χ4v) is 2.94. The van der Waals surface area contributed by atoms with E-state index in [9.17, 15) is 4.79 Å². The Hall–Kier alpha value is -1.95. The van der Waals surface area contributed by atoms with E-state index in [1.54, 1.807) is 26.2 Å². The zero-order valence-corrected chi connectivity index (χ0v) is 15.0. The van der Waals surface area contributed by atoms with Gasteiger partial charge >= 0.3 is 0 Å². The first kappa shape index (κ1) is 18.4. The Labute approximate surface area is 143 Å². The molecule has 1 saturated heterocycles. The second kappa shape index (κ2) is 8.78. The molecule has 1 amide bonds. The summed E-state index contributed by atoms with van der Waals surface area (Å²) in [5.74, 6) is 2.13. The third kappa shape index (κ3) is 4.32. The summed E-state index contributed by atoms with van der Waals surface area (Å²) in [7, 11) is 6.64. The minimum atomic E-state index is 0.0867. The molecule has 1 aliphatic rings. The molecular formula is C18H27NO5. The SMILES string of the molecule is COc1cc(CCN(C)C(=O)C2CCOCC2)cc(OC)c1OC. The van der Waals surface area contributed by atoms with Gasteiger partial charge in [0.05, 0.1) is 21.3 Å². The van der Waals surface area contributed by atoms with Crippen LogP contribution >= 0.6 is 0 Å². The topological polar surface area (TPSA) is 57.2 Å². The van der Waals surface area contributed by atoms with Crippen LogP contribution in [0.4, 0.5) is 0 Å². The number of nitrogens with zero attached hydrogens (tertiary/aromatic N) is 1. The molecule has 6 nitrogen and oxygen atoms in total. The number of rotatable bonds is 7. The number of benzene rings is 1. The molecule has 134 valence electrons. The van der Waals surface area contributed by atoms with Gasteiger partial charge in [-0.2, -0.15) is 0 Å². The van der Waals surface area contributed by atoms with Crippen LogP contribution in [0.15, 0.2) is 12.1 Å². The molecule has 24 heavy (non-hydrogen) atoms. The number of likely N-dealkylation sites (N-methyl/N-ethyl adjacent to an activating group) is 1. The average Bonchev–Trinajstić information content (AvgIpc) is 2.65. The zero-order valence-electron chi connectivity index (χ0n) is 15.0. The quantitative estimate of drug-likeness (QED) is 0.763. The molecular weight excluding hydrogens is 310 g/mol. The highest BCUT2D eigenvalue weighted by Gasteiger charge is 2.24. The van der Waals surface area contributed by atoms with E-state index >= 15 is 0 Å². The van der Waals surface area contributed by atoms with Gasteiger partial charge in [0, 0.05) is 32.7 Å². The van der Waals surface area contributed by atoms with Crippen molar-refractivity contribution in [1.29, 1.82) is 0 Å². The van der Waals surface area contributed by atoms with E-state index < -0.39 is 0 Å². The number of carbonyl (C=O) groups excluding carboxylic acids is 1. The molecule has 1 aromatic carbocycles. The maximum Gasteiger partial charge on any atom is 0.225 e. The summed E-state index contributed by atoms with van der Waals surface area (Å²) in [6.07, 6.45) is 2.35. The van der Waals surface area contributed by atoms with Gasteiger partial charge in [0.15, 0.2) is 11.5 Å². The Morgan fingerprint density at radius 3 is 2.21 bits per heavy atom. The molecule has 0 N–H and O–H groups in total. The smallest absolute Gasteiger partial charge is 0.225 e. The van der Waals surface area contributed by atoms with Crippen molar-refractivity contribution < 1.29 is 23.7 Å². The van der Waals surface area contributed by atoms with Crippen LogP contribution in [0.5, 0.6) is 17.2 Å². The van der Waals surface area contributed by atoms with Crippen molar-refractivity contribution in [2.45, 2.75) is 19.3 Å². The summed E-state index contributed by atoms with van der Waals surface area (Å²) in [5, 5.41) is 0. The number of amides is 1. The van der Waals surface area contributed by atoms with Gasteiger partial charge in [-0.15, -0.1) is 0 Å². The molecule has 6 heteroatoms. The molecule has 0 radical (unpaired) electrons. The average molecular weight is 337 g/mol. The molecule has 2 rings (SSSR count). The minimum Gasteiger partial charge on any atom is -0.493 e. The van der Waals surface area contributed by atoms with E-state index in [4.69, 9.17) is 18.9 Å². The highest BCUT2D eigenvalue weighted by atomic mass is 16.5. The third-order valence-electron chi connectivity index (χ3n) is 4.41. The molecule has 1 heterocycles. The van der Waals surface area contributed by atoms with Gasteiger partial charge in [-0.1, -0.05) is 0 Å². The van der Waals surface area contributed by atoms with Crippen molar-refractivity contribution in [3.05, 3.63) is 17.7 Å². The van der Waals surface area contributed by atoms with E-state index in [2.05, 4.69) is 0 Å². The normalized spacial score (nSPS) is 15.0. The summed E-state index contributed by atoms with van der Waals surface area (Å²) in [6, 6.07) is 3.85. The van der Waals surface area contributed by atoms with Crippen LogP contribution in [-0.4, -0.2) is 58.9 Å². The van der Waals surface area contributed by atoms with Gasteiger partial charge < -0.3 is 23.8 Å². The summed E-state index contributed by atoms with van der Waals surface area (Å²) in [5.41, 5.74) is 1.04. The number of hydrogen-bond acceptors (Lipinski definition) is 5. The van der Waals surface area contributed by atoms with Crippen molar-refractivity contribution in [3.63, 3.8) is 0 Å². The molecule has 0 aromatic heterocycles. The fraction of sp³-hybridized carbons (Fsp3) is 0.611. The predicted molar refractivity (Wildman–Crippen MR) is 91.0 cm³/mol. The largest absolute Gasteiger partial charge is 0.493 e. The zero-order chi connectivity index (χ0) is 17.5. The molecule has 0 saturated carbocycles. The Morgan fingerprint density at radius 2 is 1.71 bits per heavy atom. The summed E-state index contributed by atoms with van der Waals surface area (Å²) in [4.78, 5) is 14.3. The van der Waals surface area contributed by atoms with E-state index in [1.807, 2.05) is 19.2 Å². The summed E-state index contributed by atoms with van der Waals surface area (Å²) in [6.45, 7) is 2.00. The van der Waals surface area contributed by atoms with E-state index in [-0.39, 0.29) is 11.8 Å². The number of carbonyl (C=O) groups is 1. The molecule has 0 bridgehead atoms. The van der Waals surface area contributed by atoms with Crippen molar-refractivity contribution in [2.24, 2.45) is 5.92 Å². The Morgan fingerprint density at radius 1 is 1.12 bits per heavy atom. The van der Waals surface area contributed by atoms with Crippen LogP contribution in [-0.2, 0) is 16.0 Å². The van der Waals surface area contributed by atoms with Crippen LogP contribution in [0.1, 0.15) is 18.4 Å². The van der Waals surface area contributed by atoms with Crippen LogP contribution in [0.3, 0.4) is 0 Å². The second-order valence-electron chi connectivity index (χ2n) is 5.93. The van der Waals surface area contributed by atoms with E-state index in [1.165, 1.54) is 0 Å². The van der Waals surface area contributed by atoms with Crippen LogP contribution in [0.2, 0.25) is 0 Å². The van der Waals surface area contributed by atoms with Crippen molar-refractivity contribution in [1.82, 2.24) is 4.90 Å². The maximum atomic E-state index is 12.5. The Bertz CT molecular complexity index is 529. The molecule has 1 aromatic rings. The summed E-state index contributed by atoms with van der Waals surface area (Å²) < 4.78 is 21.4. The van der Waals surface area contributed by atoms with Crippen LogP contribution < -0.4 is 14.2 Å². The second-order valence-corrected chi connectivity index (χ2v) is 5.93. The van der Waals surface area contributed by atoms with Gasteiger partial charge in [-0.3, -0.25) is 4.79 Å². The fourth-order valence-electron chi connectivity index (χ4n) is 2.94. The molecule has 1 aliphatic heterocycles. The van der Waals surface area contributed by atoms with Gasteiger partial charge in [0.2, 0.25) is 11.7 Å². The van der Waals surface area contributed by atoms with Crippen molar-refractivity contribution >= 4 is 5.91 Å². The first-order valence-electron chi connectivity index (χ1n) is 8.22. The van der Waals surface area contributed by atoms with Crippen LogP contribution in [0, 0.1) is 5.92 Å². The van der Waals surface area contributed by atoms with Gasteiger partial charge in [0.25, 0.3) is 0 Å². The molecule has 0 spiro atoms. The lowest BCUT2D eigenvalue weighted by Gasteiger charge is -2.26. The number of hydrogen-bond donors (Lipinski definition) is 0. The summed E-state index contributed by atoms with van der Waals surface area (Å²) >= 11 is 0. The highest BCUT2D eigenvalue weighted by molar-refractivity contribution is 5.78. The van der Waals surface area contributed by atoms with E-state index in [0.29, 0.717) is 37.0 Å². The Balaban J connectivity index is 2.01. The molecule has 1 fully saturated rings. The lowest BCUT2D eigenvalue weighted by atomic mass is 9.98. The first-order valence-corrected chi connectivity index (χ1v) is 8.22. The highest BCUT2D eigenvalue weighted by Crippen LogP contribution is 2.38.